The summed E-state index contributed by atoms with van der Waals surface area (Å²) in [6.45, 7) is 0. The van der Waals surface area contributed by atoms with Gasteiger partial charge in [0.25, 0.3) is 0 Å². The summed E-state index contributed by atoms with van der Waals surface area (Å²) in [5.74, 6) is 3.26. The number of unbranched alkanes of at least 4 members (excludes halogenated alkanes) is 1. The smallest absolute Gasteiger partial charge is 0.123 e. The van der Waals surface area contributed by atoms with Gasteiger partial charge < -0.3 is 0 Å². The topological polar surface area (TPSA) is 0 Å². The van der Waals surface area contributed by atoms with E-state index in [0.717, 1.165) is 30.6 Å². The molecule has 0 saturated heterocycles. The molecule has 0 atom stereocenters. The molecule has 0 radical (unpaired) electrons. The highest BCUT2D eigenvalue weighted by Gasteiger charge is 2.25. The summed E-state index contributed by atoms with van der Waals surface area (Å²) >= 11 is 0. The SMILES string of the molecule is FC=CCCC[C@H]1CC[C@H](CC[C@H]2CC[C@H](c3ccc(F)cc3)CC2)CC1. The van der Waals surface area contributed by atoms with Crippen LogP contribution in [0.2, 0.25) is 0 Å². The predicted molar refractivity (Wildman–Crippen MR) is 110 cm³/mol. The maximum absolute atomic E-state index is 13.1. The van der Waals surface area contributed by atoms with E-state index in [9.17, 15) is 8.78 Å². The molecule has 0 nitrogen and oxygen atoms in total. The number of halogens is 2. The minimum Gasteiger partial charge on any atom is -0.216 e. The van der Waals surface area contributed by atoms with Gasteiger partial charge in [0.2, 0.25) is 0 Å². The van der Waals surface area contributed by atoms with Crippen LogP contribution in [0.1, 0.15) is 95.0 Å². The molecule has 1 aromatic rings. The van der Waals surface area contributed by atoms with Crippen LogP contribution in [0.5, 0.6) is 0 Å². The van der Waals surface area contributed by atoms with Crippen LogP contribution in [-0.4, -0.2) is 0 Å². The standard InChI is InChI=1S/C25H36F2/c26-19-3-1-2-4-20-5-7-21(8-6-20)9-10-22-11-13-23(14-12-22)24-15-17-25(27)18-16-24/h3,15-23H,1-2,4-14H2/t20-,21-,22-,23-. The van der Waals surface area contributed by atoms with Gasteiger partial charge in [-0.2, -0.15) is 0 Å². The molecule has 0 aliphatic heterocycles. The number of hydrogen-bond acceptors (Lipinski definition) is 0. The summed E-state index contributed by atoms with van der Waals surface area (Å²) in [6, 6.07) is 7.17. The fourth-order valence-corrected chi connectivity index (χ4v) is 5.39. The van der Waals surface area contributed by atoms with E-state index in [1.807, 2.05) is 12.1 Å². The van der Waals surface area contributed by atoms with Crippen molar-refractivity contribution in [2.45, 2.75) is 89.4 Å². The van der Waals surface area contributed by atoms with Gasteiger partial charge in [-0.15, -0.1) is 0 Å². The lowest BCUT2D eigenvalue weighted by Gasteiger charge is -2.32. The highest BCUT2D eigenvalue weighted by atomic mass is 19.1. The maximum Gasteiger partial charge on any atom is 0.123 e. The molecule has 2 aliphatic carbocycles. The normalized spacial score (nSPS) is 29.3. The van der Waals surface area contributed by atoms with Gasteiger partial charge in [0, 0.05) is 0 Å². The molecule has 0 spiro atoms. The Kier molecular flexibility index (Phi) is 8.35. The monoisotopic (exact) mass is 374 g/mol. The number of allylic oxidation sites excluding steroid dienone is 1. The maximum atomic E-state index is 13.1. The highest BCUT2D eigenvalue weighted by molar-refractivity contribution is 5.20. The third kappa shape index (κ3) is 6.73. The average Bonchev–Trinajstić information content (AvgIpc) is 2.72. The Balaban J connectivity index is 1.29. The molecule has 2 fully saturated rings. The summed E-state index contributed by atoms with van der Waals surface area (Å²) in [5.41, 5.74) is 1.33. The van der Waals surface area contributed by atoms with E-state index in [-0.39, 0.29) is 5.82 Å². The summed E-state index contributed by atoms with van der Waals surface area (Å²) < 4.78 is 25.1. The van der Waals surface area contributed by atoms with E-state index < -0.39 is 0 Å². The third-order valence-corrected chi connectivity index (χ3v) is 7.21. The van der Waals surface area contributed by atoms with Gasteiger partial charge in [-0.05, 0) is 79.9 Å². The van der Waals surface area contributed by atoms with E-state index in [0.29, 0.717) is 12.2 Å². The second-order valence-electron chi connectivity index (χ2n) is 9.03. The van der Waals surface area contributed by atoms with Crippen LogP contribution in [0.15, 0.2) is 36.7 Å². The van der Waals surface area contributed by atoms with Crippen LogP contribution >= 0.6 is 0 Å². The Labute approximate surface area is 164 Å². The molecule has 3 rings (SSSR count). The zero-order valence-electron chi connectivity index (χ0n) is 16.7. The molecule has 1 aromatic carbocycles. The number of benzene rings is 1. The molecule has 0 heterocycles. The third-order valence-electron chi connectivity index (χ3n) is 7.21. The van der Waals surface area contributed by atoms with Gasteiger partial charge in [-0.3, -0.25) is 0 Å². The van der Waals surface area contributed by atoms with Gasteiger partial charge >= 0.3 is 0 Å². The quantitative estimate of drug-likeness (QED) is 0.401. The first-order valence-corrected chi connectivity index (χ1v) is 11.2. The van der Waals surface area contributed by atoms with E-state index in [1.165, 1.54) is 76.2 Å². The molecule has 0 bridgehead atoms. The second-order valence-corrected chi connectivity index (χ2v) is 9.03. The van der Waals surface area contributed by atoms with Gasteiger partial charge in [-0.25, -0.2) is 8.78 Å². The van der Waals surface area contributed by atoms with E-state index in [4.69, 9.17) is 0 Å². The zero-order chi connectivity index (χ0) is 18.9. The van der Waals surface area contributed by atoms with E-state index in [2.05, 4.69) is 0 Å². The Morgan fingerprint density at radius 3 is 1.81 bits per heavy atom. The fraction of sp³-hybridized carbons (Fsp3) is 0.680. The van der Waals surface area contributed by atoms with Crippen LogP contribution in [-0.2, 0) is 0 Å². The first-order valence-electron chi connectivity index (χ1n) is 11.2. The van der Waals surface area contributed by atoms with Crippen molar-refractivity contribution >= 4 is 0 Å². The molecule has 2 heteroatoms. The van der Waals surface area contributed by atoms with Crippen molar-refractivity contribution in [3.63, 3.8) is 0 Å². The molecule has 0 aromatic heterocycles. The summed E-state index contributed by atoms with van der Waals surface area (Å²) in [6.07, 6.45) is 19.3. The van der Waals surface area contributed by atoms with Crippen molar-refractivity contribution in [1.82, 2.24) is 0 Å². The Morgan fingerprint density at radius 1 is 0.741 bits per heavy atom. The first-order chi connectivity index (χ1) is 13.2. The zero-order valence-corrected chi connectivity index (χ0v) is 16.7. The van der Waals surface area contributed by atoms with Crippen LogP contribution in [0.3, 0.4) is 0 Å². The Bertz CT molecular complexity index is 546. The number of hydrogen-bond donors (Lipinski definition) is 0. The minimum absolute atomic E-state index is 0.126. The molecular weight excluding hydrogens is 338 g/mol. The first kappa shape index (κ1) is 20.6. The van der Waals surface area contributed by atoms with E-state index in [1.54, 1.807) is 18.2 Å². The molecule has 150 valence electrons. The highest BCUT2D eigenvalue weighted by Crippen LogP contribution is 2.40. The molecule has 27 heavy (non-hydrogen) atoms. The molecule has 0 N–H and O–H groups in total. The summed E-state index contributed by atoms with van der Waals surface area (Å²) in [4.78, 5) is 0. The van der Waals surface area contributed by atoms with Crippen molar-refractivity contribution in [3.05, 3.63) is 48.1 Å². The van der Waals surface area contributed by atoms with Gasteiger partial charge in [0.15, 0.2) is 0 Å². The lowest BCUT2D eigenvalue weighted by molar-refractivity contribution is 0.223. The van der Waals surface area contributed by atoms with Crippen LogP contribution < -0.4 is 0 Å². The lowest BCUT2D eigenvalue weighted by atomic mass is 9.74. The Morgan fingerprint density at radius 2 is 1.26 bits per heavy atom. The predicted octanol–water partition coefficient (Wildman–Crippen LogP) is 8.34. The van der Waals surface area contributed by atoms with Gasteiger partial charge in [0.05, 0.1) is 6.33 Å². The van der Waals surface area contributed by atoms with Gasteiger partial charge in [0.1, 0.15) is 5.82 Å². The molecule has 0 amide bonds. The van der Waals surface area contributed by atoms with Gasteiger partial charge in [-0.1, -0.05) is 63.2 Å². The fourth-order valence-electron chi connectivity index (χ4n) is 5.39. The summed E-state index contributed by atoms with van der Waals surface area (Å²) in [5, 5.41) is 0. The molecule has 0 unspecified atom stereocenters. The number of rotatable bonds is 8. The van der Waals surface area contributed by atoms with Crippen molar-refractivity contribution in [2.24, 2.45) is 17.8 Å². The van der Waals surface area contributed by atoms with Crippen LogP contribution in [0, 0.1) is 23.6 Å². The molecular formula is C25H36F2. The largest absolute Gasteiger partial charge is 0.216 e. The van der Waals surface area contributed by atoms with Crippen molar-refractivity contribution in [3.8, 4) is 0 Å². The van der Waals surface area contributed by atoms with E-state index >= 15 is 0 Å². The van der Waals surface area contributed by atoms with Crippen LogP contribution in [0.4, 0.5) is 8.78 Å². The van der Waals surface area contributed by atoms with Crippen LogP contribution in [0.25, 0.3) is 0 Å². The second kappa shape index (κ2) is 11.0. The Hall–Kier alpha value is -1.18. The van der Waals surface area contributed by atoms with Crippen molar-refractivity contribution < 1.29 is 8.78 Å². The summed E-state index contributed by atoms with van der Waals surface area (Å²) in [7, 11) is 0. The van der Waals surface area contributed by atoms with Crippen molar-refractivity contribution in [2.75, 3.05) is 0 Å². The van der Waals surface area contributed by atoms with Crippen molar-refractivity contribution in [1.29, 1.82) is 0 Å². The minimum atomic E-state index is -0.126. The lowest BCUT2D eigenvalue weighted by Crippen LogP contribution is -2.17. The average molecular weight is 375 g/mol. The molecule has 2 saturated carbocycles. The molecule has 2 aliphatic rings.